The third-order valence-electron chi connectivity index (χ3n) is 3.25. The van der Waals surface area contributed by atoms with Gasteiger partial charge in [-0.1, -0.05) is 39.3 Å². The summed E-state index contributed by atoms with van der Waals surface area (Å²) in [6.07, 6.45) is 2.16. The number of thiazole rings is 1. The molecule has 4 heteroatoms. The van der Waals surface area contributed by atoms with Gasteiger partial charge in [0, 0.05) is 23.0 Å². The van der Waals surface area contributed by atoms with E-state index < -0.39 is 0 Å². The van der Waals surface area contributed by atoms with Gasteiger partial charge in [-0.2, -0.15) is 0 Å². The molecule has 0 radical (unpaired) electrons. The second-order valence-electron chi connectivity index (χ2n) is 5.41. The number of nitrogens with one attached hydrogen (secondary N) is 1. The third kappa shape index (κ3) is 4.29. The summed E-state index contributed by atoms with van der Waals surface area (Å²) in [4.78, 5) is 6.20. The minimum absolute atomic E-state index is 0.488. The first-order chi connectivity index (χ1) is 10.1. The van der Waals surface area contributed by atoms with E-state index in [1.54, 1.807) is 18.4 Å². The lowest BCUT2D eigenvalue weighted by atomic mass is 10.2. The average Bonchev–Trinajstić information content (AvgIpc) is 2.89. The molecular formula is C17H24N2OS. The van der Waals surface area contributed by atoms with E-state index in [1.165, 1.54) is 10.6 Å². The van der Waals surface area contributed by atoms with Crippen molar-refractivity contribution in [3.05, 3.63) is 34.8 Å². The Morgan fingerprint density at radius 1 is 1.33 bits per heavy atom. The fourth-order valence-corrected chi connectivity index (χ4v) is 3.19. The van der Waals surface area contributed by atoms with Gasteiger partial charge >= 0.3 is 0 Å². The highest BCUT2D eigenvalue weighted by atomic mass is 32.1. The topological polar surface area (TPSA) is 34.1 Å². The Hall–Kier alpha value is -1.39. The summed E-state index contributed by atoms with van der Waals surface area (Å²) in [6, 6.07) is 8.61. The highest BCUT2D eigenvalue weighted by molar-refractivity contribution is 7.15. The highest BCUT2D eigenvalue weighted by Crippen LogP contribution is 2.30. The summed E-state index contributed by atoms with van der Waals surface area (Å²) in [5.74, 6) is 0.876. The van der Waals surface area contributed by atoms with Crippen molar-refractivity contribution in [3.63, 3.8) is 0 Å². The molecule has 1 aromatic carbocycles. The number of aromatic nitrogens is 1. The minimum atomic E-state index is 0.488. The summed E-state index contributed by atoms with van der Waals surface area (Å²) < 4.78 is 5.30. The van der Waals surface area contributed by atoms with Crippen LogP contribution in [0.1, 0.15) is 37.8 Å². The van der Waals surface area contributed by atoms with Gasteiger partial charge in [-0.3, -0.25) is 0 Å². The van der Waals surface area contributed by atoms with E-state index in [2.05, 4.69) is 32.2 Å². The maximum atomic E-state index is 5.30. The summed E-state index contributed by atoms with van der Waals surface area (Å²) in [5.41, 5.74) is 2.36. The molecule has 0 amide bonds. The van der Waals surface area contributed by atoms with E-state index in [1.807, 2.05) is 18.2 Å². The van der Waals surface area contributed by atoms with Crippen LogP contribution in [0, 0.1) is 0 Å². The quantitative estimate of drug-likeness (QED) is 0.829. The van der Waals surface area contributed by atoms with E-state index >= 15 is 0 Å². The minimum Gasteiger partial charge on any atom is -0.497 e. The van der Waals surface area contributed by atoms with Gasteiger partial charge in [-0.05, 0) is 18.6 Å². The summed E-state index contributed by atoms with van der Waals surface area (Å²) in [5, 5.41) is 4.58. The number of methoxy groups -OCH3 is 1. The van der Waals surface area contributed by atoms with Crippen molar-refractivity contribution >= 4 is 11.3 Å². The van der Waals surface area contributed by atoms with Crippen LogP contribution in [0.25, 0.3) is 10.6 Å². The number of nitrogens with zero attached hydrogens (tertiary/aromatic N) is 1. The first-order valence-electron chi connectivity index (χ1n) is 7.50. The van der Waals surface area contributed by atoms with Crippen LogP contribution in [-0.4, -0.2) is 18.1 Å². The molecule has 0 aliphatic carbocycles. The summed E-state index contributed by atoms with van der Waals surface area (Å²) in [7, 11) is 1.70. The van der Waals surface area contributed by atoms with Crippen molar-refractivity contribution in [1.82, 2.24) is 10.3 Å². The van der Waals surface area contributed by atoms with Crippen LogP contribution >= 0.6 is 11.3 Å². The van der Waals surface area contributed by atoms with Gasteiger partial charge in [0.05, 0.1) is 12.8 Å². The Kier molecular flexibility index (Phi) is 5.76. The van der Waals surface area contributed by atoms with E-state index in [9.17, 15) is 0 Å². The summed E-state index contributed by atoms with van der Waals surface area (Å²) >= 11 is 1.78. The Labute approximate surface area is 131 Å². The van der Waals surface area contributed by atoms with Crippen molar-refractivity contribution in [3.8, 4) is 16.3 Å². The molecule has 1 aromatic heterocycles. The Balaban J connectivity index is 2.28. The van der Waals surface area contributed by atoms with Gasteiger partial charge in [0.1, 0.15) is 10.8 Å². The molecule has 0 aliphatic rings. The Morgan fingerprint density at radius 3 is 2.81 bits per heavy atom. The first kappa shape index (κ1) is 16.0. The number of benzene rings is 1. The normalized spacial score (nSPS) is 11.1. The molecule has 0 saturated heterocycles. The maximum Gasteiger partial charge on any atom is 0.124 e. The van der Waals surface area contributed by atoms with Crippen LogP contribution < -0.4 is 10.1 Å². The van der Waals surface area contributed by atoms with E-state index in [-0.39, 0.29) is 0 Å². The predicted octanol–water partition coefficient (Wildman–Crippen LogP) is 4.27. The molecule has 21 heavy (non-hydrogen) atoms. The molecule has 1 heterocycles. The van der Waals surface area contributed by atoms with E-state index in [0.29, 0.717) is 6.04 Å². The molecule has 0 fully saturated rings. The fourth-order valence-electron chi connectivity index (χ4n) is 2.13. The Bertz CT molecular complexity index is 578. The zero-order valence-corrected chi connectivity index (χ0v) is 14.1. The number of aryl methyl sites for hydroxylation is 1. The van der Waals surface area contributed by atoms with Gasteiger partial charge in [0.25, 0.3) is 0 Å². The van der Waals surface area contributed by atoms with Crippen molar-refractivity contribution in [2.45, 2.75) is 46.2 Å². The van der Waals surface area contributed by atoms with Gasteiger partial charge in [0.15, 0.2) is 0 Å². The fraction of sp³-hybridized carbons (Fsp3) is 0.471. The SMILES string of the molecule is CCCc1nc(-c2cccc(OC)c2)sc1CNC(C)C. The van der Waals surface area contributed by atoms with Gasteiger partial charge in [0.2, 0.25) is 0 Å². The van der Waals surface area contributed by atoms with Crippen molar-refractivity contribution < 1.29 is 4.74 Å². The monoisotopic (exact) mass is 304 g/mol. The number of rotatable bonds is 7. The first-order valence-corrected chi connectivity index (χ1v) is 8.32. The number of hydrogen-bond acceptors (Lipinski definition) is 4. The largest absolute Gasteiger partial charge is 0.497 e. The molecule has 0 unspecified atom stereocenters. The van der Waals surface area contributed by atoms with Crippen LogP contribution in [0.15, 0.2) is 24.3 Å². The highest BCUT2D eigenvalue weighted by Gasteiger charge is 2.12. The van der Waals surface area contributed by atoms with E-state index in [4.69, 9.17) is 9.72 Å². The summed E-state index contributed by atoms with van der Waals surface area (Å²) in [6.45, 7) is 7.44. The molecule has 114 valence electrons. The molecule has 0 bridgehead atoms. The lowest BCUT2D eigenvalue weighted by molar-refractivity contribution is 0.415. The van der Waals surface area contributed by atoms with Crippen molar-refractivity contribution in [2.75, 3.05) is 7.11 Å². The molecule has 0 saturated carbocycles. The molecule has 2 rings (SSSR count). The molecule has 0 atom stereocenters. The van der Waals surface area contributed by atoms with Crippen LogP contribution in [0.5, 0.6) is 5.75 Å². The molecule has 2 aromatic rings. The van der Waals surface area contributed by atoms with Crippen molar-refractivity contribution in [1.29, 1.82) is 0 Å². The lowest BCUT2D eigenvalue weighted by Crippen LogP contribution is -2.21. The Morgan fingerprint density at radius 2 is 2.14 bits per heavy atom. The molecule has 3 nitrogen and oxygen atoms in total. The van der Waals surface area contributed by atoms with Crippen molar-refractivity contribution in [2.24, 2.45) is 0 Å². The zero-order valence-electron chi connectivity index (χ0n) is 13.3. The standard InChI is InChI=1S/C17H24N2OS/c1-5-7-15-16(11-18-12(2)3)21-17(19-15)13-8-6-9-14(10-13)20-4/h6,8-10,12,18H,5,7,11H2,1-4H3. The van der Waals surface area contributed by atoms with Crippen LogP contribution in [0.2, 0.25) is 0 Å². The molecule has 0 aliphatic heterocycles. The number of hydrogen-bond donors (Lipinski definition) is 1. The second kappa shape index (κ2) is 7.57. The van der Waals surface area contributed by atoms with Gasteiger partial charge in [-0.25, -0.2) is 4.98 Å². The van der Waals surface area contributed by atoms with Crippen LogP contribution in [0.3, 0.4) is 0 Å². The third-order valence-corrected chi connectivity index (χ3v) is 4.40. The average molecular weight is 304 g/mol. The van der Waals surface area contributed by atoms with E-state index in [0.717, 1.165) is 35.7 Å². The van der Waals surface area contributed by atoms with Gasteiger partial charge in [-0.15, -0.1) is 11.3 Å². The van der Waals surface area contributed by atoms with Crippen LogP contribution in [0.4, 0.5) is 0 Å². The lowest BCUT2D eigenvalue weighted by Gasteiger charge is -2.07. The van der Waals surface area contributed by atoms with Gasteiger partial charge < -0.3 is 10.1 Å². The molecular weight excluding hydrogens is 280 g/mol. The zero-order chi connectivity index (χ0) is 15.2. The predicted molar refractivity (Wildman–Crippen MR) is 90.1 cm³/mol. The maximum absolute atomic E-state index is 5.30. The molecule has 0 spiro atoms. The number of ether oxygens (including phenoxy) is 1. The van der Waals surface area contributed by atoms with Crippen LogP contribution in [-0.2, 0) is 13.0 Å². The molecule has 1 N–H and O–H groups in total. The second-order valence-corrected chi connectivity index (χ2v) is 6.49. The smallest absolute Gasteiger partial charge is 0.124 e.